The van der Waals surface area contributed by atoms with E-state index in [1.54, 1.807) is 36.4 Å². The number of hydrogen-bond donors (Lipinski definition) is 0. The Labute approximate surface area is 160 Å². The molecule has 0 aromatic heterocycles. The predicted octanol–water partition coefficient (Wildman–Crippen LogP) is 3.69. The molecule has 4 nitrogen and oxygen atoms in total. The monoisotopic (exact) mass is 409 g/mol. The number of ketones is 1. The van der Waals surface area contributed by atoms with Gasteiger partial charge in [-0.15, -0.1) is 0 Å². The van der Waals surface area contributed by atoms with E-state index in [0.29, 0.717) is 41.4 Å². The smallest absolute Gasteiger partial charge is 0.261 e. The fraction of sp³-hybridized carbons (Fsp3) is 0.190. The van der Waals surface area contributed by atoms with E-state index < -0.39 is 0 Å². The number of fused-ring (bicyclic) bond motifs is 1. The van der Waals surface area contributed by atoms with Crippen LogP contribution in [0.3, 0.4) is 0 Å². The van der Waals surface area contributed by atoms with E-state index in [1.807, 2.05) is 12.1 Å². The van der Waals surface area contributed by atoms with Crippen molar-refractivity contribution in [2.75, 3.05) is 11.9 Å². The summed E-state index contributed by atoms with van der Waals surface area (Å²) in [5, 5.41) is 0.301. The Balaban J connectivity index is 1.53. The van der Waals surface area contributed by atoms with Crippen LogP contribution >= 0.6 is 15.9 Å². The number of halogens is 1. The fourth-order valence-electron chi connectivity index (χ4n) is 2.75. The zero-order valence-corrected chi connectivity index (χ0v) is 15.6. The molecule has 1 heterocycles. The van der Waals surface area contributed by atoms with Gasteiger partial charge in [0.15, 0.2) is 5.78 Å². The summed E-state index contributed by atoms with van der Waals surface area (Å²) >= 11 is 3.15. The van der Waals surface area contributed by atoms with Crippen molar-refractivity contribution in [2.24, 2.45) is 0 Å². The molecule has 0 bridgehead atoms. The van der Waals surface area contributed by atoms with Gasteiger partial charge in [-0.2, -0.15) is 0 Å². The summed E-state index contributed by atoms with van der Waals surface area (Å²) in [5.41, 5.74) is 2.43. The predicted molar refractivity (Wildman–Crippen MR) is 102 cm³/mol. The van der Waals surface area contributed by atoms with Gasteiger partial charge in [0.05, 0.1) is 16.5 Å². The Morgan fingerprint density at radius 2 is 1.58 bits per heavy atom. The van der Waals surface area contributed by atoms with E-state index in [2.05, 4.69) is 27.8 Å². The van der Waals surface area contributed by atoms with E-state index in [0.717, 1.165) is 5.56 Å². The third-order valence-electron chi connectivity index (χ3n) is 4.12. The number of rotatable bonds is 5. The van der Waals surface area contributed by atoms with Crippen LogP contribution in [0.5, 0.6) is 0 Å². The molecule has 0 spiro atoms. The lowest BCUT2D eigenvalue weighted by atomic mass is 10.1. The van der Waals surface area contributed by atoms with Gasteiger partial charge in [-0.1, -0.05) is 52.0 Å². The number of alkyl halides is 1. The van der Waals surface area contributed by atoms with Gasteiger partial charge in [0.2, 0.25) is 0 Å². The minimum atomic E-state index is -0.231. The Kier molecular flexibility index (Phi) is 5.65. The van der Waals surface area contributed by atoms with Crippen LogP contribution in [0.1, 0.15) is 49.5 Å². The molecular weight excluding hydrogens is 394 g/mol. The van der Waals surface area contributed by atoms with Gasteiger partial charge in [-0.05, 0) is 30.7 Å². The molecule has 0 N–H and O–H groups in total. The molecule has 2 aromatic rings. The maximum atomic E-state index is 12.2. The van der Waals surface area contributed by atoms with Gasteiger partial charge in [-0.3, -0.25) is 19.3 Å². The highest BCUT2D eigenvalue weighted by Crippen LogP contribution is 2.22. The van der Waals surface area contributed by atoms with Gasteiger partial charge in [0, 0.05) is 24.1 Å². The molecule has 26 heavy (non-hydrogen) atoms. The SMILES string of the molecule is O=C(CBr)c1ccc(C#CCCCN2C(=O)c3ccccc3C2=O)cc1. The van der Waals surface area contributed by atoms with E-state index >= 15 is 0 Å². The molecule has 0 fully saturated rings. The average Bonchev–Trinajstić information content (AvgIpc) is 2.92. The Morgan fingerprint density at radius 3 is 2.15 bits per heavy atom. The molecule has 3 rings (SSSR count). The molecule has 130 valence electrons. The highest BCUT2D eigenvalue weighted by Gasteiger charge is 2.34. The zero-order chi connectivity index (χ0) is 18.5. The number of carbonyl (C=O) groups is 3. The normalized spacial score (nSPS) is 12.6. The van der Waals surface area contributed by atoms with Crippen LogP contribution < -0.4 is 0 Å². The van der Waals surface area contributed by atoms with Crippen molar-refractivity contribution in [2.45, 2.75) is 12.8 Å². The molecule has 2 amide bonds. The minimum absolute atomic E-state index is 0.0328. The summed E-state index contributed by atoms with van der Waals surface area (Å²) in [4.78, 5) is 37.3. The van der Waals surface area contributed by atoms with Gasteiger partial charge in [-0.25, -0.2) is 0 Å². The van der Waals surface area contributed by atoms with E-state index in [1.165, 1.54) is 4.90 Å². The second kappa shape index (κ2) is 8.11. The highest BCUT2D eigenvalue weighted by atomic mass is 79.9. The van der Waals surface area contributed by atoms with Crippen molar-refractivity contribution in [3.05, 3.63) is 70.8 Å². The second-order valence-electron chi connectivity index (χ2n) is 5.85. The Bertz CT molecular complexity index is 887. The molecule has 1 aliphatic rings. The quantitative estimate of drug-likeness (QED) is 0.248. The number of nitrogens with zero attached hydrogens (tertiary/aromatic N) is 1. The number of amides is 2. The topological polar surface area (TPSA) is 54.5 Å². The average molecular weight is 410 g/mol. The van der Waals surface area contributed by atoms with Crippen LogP contribution in [0.25, 0.3) is 0 Å². The first-order valence-electron chi connectivity index (χ1n) is 8.25. The lowest BCUT2D eigenvalue weighted by molar-refractivity contribution is 0.0653. The number of benzene rings is 2. The molecule has 1 aliphatic heterocycles. The molecule has 0 unspecified atom stereocenters. The van der Waals surface area contributed by atoms with Crippen LogP contribution in [0.15, 0.2) is 48.5 Å². The molecule has 0 aliphatic carbocycles. The minimum Gasteiger partial charge on any atom is -0.293 e. The molecule has 2 aromatic carbocycles. The molecule has 5 heteroatoms. The third-order valence-corrected chi connectivity index (χ3v) is 4.63. The Hall–Kier alpha value is -2.71. The summed E-state index contributed by atoms with van der Waals surface area (Å²) in [6.07, 6.45) is 1.20. The van der Waals surface area contributed by atoms with Crippen molar-refractivity contribution >= 4 is 33.5 Å². The van der Waals surface area contributed by atoms with Gasteiger partial charge in [0.1, 0.15) is 0 Å². The number of unbranched alkanes of at least 4 members (excludes halogenated alkanes) is 1. The van der Waals surface area contributed by atoms with Gasteiger partial charge in [0.25, 0.3) is 11.8 Å². The fourth-order valence-corrected chi connectivity index (χ4v) is 3.07. The lowest BCUT2D eigenvalue weighted by Crippen LogP contribution is -2.30. The van der Waals surface area contributed by atoms with E-state index in [4.69, 9.17) is 0 Å². The molecule has 0 radical (unpaired) electrons. The maximum absolute atomic E-state index is 12.2. The molecule has 0 atom stereocenters. The molecule has 0 saturated heterocycles. The molecule has 0 saturated carbocycles. The van der Waals surface area contributed by atoms with Crippen LogP contribution in [-0.4, -0.2) is 34.4 Å². The third kappa shape index (κ3) is 3.76. The van der Waals surface area contributed by atoms with Crippen molar-refractivity contribution in [3.63, 3.8) is 0 Å². The zero-order valence-electron chi connectivity index (χ0n) is 14.0. The summed E-state index contributed by atoms with van der Waals surface area (Å²) in [5.74, 6) is 5.65. The van der Waals surface area contributed by atoms with Crippen LogP contribution in [0, 0.1) is 11.8 Å². The van der Waals surface area contributed by atoms with Gasteiger partial charge >= 0.3 is 0 Å². The van der Waals surface area contributed by atoms with Crippen LogP contribution in [0.2, 0.25) is 0 Å². The largest absolute Gasteiger partial charge is 0.293 e. The van der Waals surface area contributed by atoms with Crippen molar-refractivity contribution in [3.8, 4) is 11.8 Å². The van der Waals surface area contributed by atoms with Gasteiger partial charge < -0.3 is 0 Å². The summed E-state index contributed by atoms with van der Waals surface area (Å²) in [7, 11) is 0. The van der Waals surface area contributed by atoms with Crippen molar-refractivity contribution in [1.29, 1.82) is 0 Å². The van der Waals surface area contributed by atoms with Crippen molar-refractivity contribution < 1.29 is 14.4 Å². The summed E-state index contributed by atoms with van der Waals surface area (Å²) < 4.78 is 0. The first kappa shape index (κ1) is 18.1. The number of Topliss-reactive ketones (excluding diaryl/α,β-unsaturated/α-hetero) is 1. The Morgan fingerprint density at radius 1 is 0.962 bits per heavy atom. The standard InChI is InChI=1S/C21H16BrNO3/c22-14-19(24)16-11-9-15(10-12-16)6-2-1-5-13-23-20(25)17-7-3-4-8-18(17)21(23)26/h3-4,7-12H,1,5,13-14H2. The van der Waals surface area contributed by atoms with E-state index in [9.17, 15) is 14.4 Å². The summed E-state index contributed by atoms with van der Waals surface area (Å²) in [6.45, 7) is 0.361. The first-order valence-corrected chi connectivity index (χ1v) is 9.37. The lowest BCUT2D eigenvalue weighted by Gasteiger charge is -2.12. The maximum Gasteiger partial charge on any atom is 0.261 e. The highest BCUT2D eigenvalue weighted by molar-refractivity contribution is 9.09. The molecular formula is C21H16BrNO3. The van der Waals surface area contributed by atoms with Crippen LogP contribution in [0.4, 0.5) is 0 Å². The van der Waals surface area contributed by atoms with E-state index in [-0.39, 0.29) is 17.6 Å². The first-order chi connectivity index (χ1) is 12.6. The number of imide groups is 1. The number of hydrogen-bond acceptors (Lipinski definition) is 3. The van der Waals surface area contributed by atoms with Crippen molar-refractivity contribution in [1.82, 2.24) is 4.90 Å². The second-order valence-corrected chi connectivity index (χ2v) is 6.41. The number of carbonyl (C=O) groups excluding carboxylic acids is 3. The van der Waals surface area contributed by atoms with Crippen LogP contribution in [-0.2, 0) is 0 Å². The summed E-state index contributed by atoms with van der Waals surface area (Å²) in [6, 6.07) is 14.0.